The lowest BCUT2D eigenvalue weighted by molar-refractivity contribution is -0.140. The van der Waals surface area contributed by atoms with E-state index in [9.17, 15) is 9.59 Å². The molecule has 0 unspecified atom stereocenters. The van der Waals surface area contributed by atoms with Crippen LogP contribution in [0.1, 0.15) is 39.2 Å². The van der Waals surface area contributed by atoms with E-state index >= 15 is 0 Å². The number of carbonyl (C=O) groups is 2. The number of ether oxygens (including phenoxy) is 1. The number of halogens is 2. The Morgan fingerprint density at radius 3 is 2.13 bits per heavy atom. The third-order valence-electron chi connectivity index (χ3n) is 4.74. The Labute approximate surface area is 194 Å². The first-order chi connectivity index (χ1) is 14.8. The lowest BCUT2D eigenvalue weighted by Crippen LogP contribution is -2.48. The van der Waals surface area contributed by atoms with E-state index in [-0.39, 0.29) is 18.2 Å². The van der Waals surface area contributed by atoms with Crippen LogP contribution in [0.3, 0.4) is 0 Å². The molecule has 0 aliphatic rings. The highest BCUT2D eigenvalue weighted by Crippen LogP contribution is 2.17. The van der Waals surface area contributed by atoms with Gasteiger partial charge in [0.15, 0.2) is 0 Å². The van der Waals surface area contributed by atoms with Crippen molar-refractivity contribution in [1.82, 2.24) is 10.2 Å². The maximum atomic E-state index is 13.0. The van der Waals surface area contributed by atoms with E-state index in [0.717, 1.165) is 5.56 Å². The molecule has 0 saturated heterocycles. The van der Waals surface area contributed by atoms with E-state index in [0.29, 0.717) is 47.8 Å². The summed E-state index contributed by atoms with van der Waals surface area (Å²) >= 11 is 11.8. The Hall–Kier alpha value is -2.24. The lowest BCUT2D eigenvalue weighted by atomic mass is 10.1. The van der Waals surface area contributed by atoms with Crippen molar-refractivity contribution in [2.24, 2.45) is 5.92 Å². The average Bonchev–Trinajstić information content (AvgIpc) is 2.75. The molecule has 0 aliphatic heterocycles. The predicted molar refractivity (Wildman–Crippen MR) is 125 cm³/mol. The third kappa shape index (κ3) is 8.80. The van der Waals surface area contributed by atoms with Crippen LogP contribution in [-0.4, -0.2) is 35.9 Å². The highest BCUT2D eigenvalue weighted by Gasteiger charge is 2.25. The zero-order valence-corrected chi connectivity index (χ0v) is 19.7. The molecule has 0 fully saturated rings. The lowest BCUT2D eigenvalue weighted by Gasteiger charge is -2.29. The molecule has 2 aromatic rings. The van der Waals surface area contributed by atoms with Crippen LogP contribution < -0.4 is 10.1 Å². The fraction of sp³-hybridized carbons (Fsp3) is 0.417. The molecule has 2 aromatic carbocycles. The van der Waals surface area contributed by atoms with E-state index in [1.54, 1.807) is 48.2 Å². The molecule has 0 aromatic heterocycles. The van der Waals surface area contributed by atoms with Gasteiger partial charge in [0.05, 0.1) is 6.61 Å². The quantitative estimate of drug-likeness (QED) is 0.456. The van der Waals surface area contributed by atoms with Crippen molar-refractivity contribution in [1.29, 1.82) is 0 Å². The smallest absolute Gasteiger partial charge is 0.242 e. The minimum Gasteiger partial charge on any atom is -0.494 e. The number of hydrogen-bond donors (Lipinski definition) is 1. The summed E-state index contributed by atoms with van der Waals surface area (Å²) in [5.74, 6) is 0.785. The van der Waals surface area contributed by atoms with Gasteiger partial charge >= 0.3 is 0 Å². The van der Waals surface area contributed by atoms with Gasteiger partial charge in [-0.3, -0.25) is 9.59 Å². The second-order valence-corrected chi connectivity index (χ2v) is 8.74. The van der Waals surface area contributed by atoms with E-state index < -0.39 is 6.04 Å². The minimum absolute atomic E-state index is 0.0955. The summed E-state index contributed by atoms with van der Waals surface area (Å²) in [5.41, 5.74) is 0.915. The Balaban J connectivity index is 1.97. The first-order valence-corrected chi connectivity index (χ1v) is 11.2. The highest BCUT2D eigenvalue weighted by atomic mass is 35.5. The fourth-order valence-corrected chi connectivity index (χ4v) is 3.16. The molecular formula is C24H30Cl2N2O3. The molecule has 1 N–H and O–H groups in total. The maximum absolute atomic E-state index is 13.0. The minimum atomic E-state index is -0.584. The summed E-state index contributed by atoms with van der Waals surface area (Å²) in [5, 5.41) is 4.19. The molecule has 0 heterocycles. The summed E-state index contributed by atoms with van der Waals surface area (Å²) < 4.78 is 5.67. The summed E-state index contributed by atoms with van der Waals surface area (Å²) in [4.78, 5) is 27.2. The van der Waals surface area contributed by atoms with E-state index in [2.05, 4.69) is 5.32 Å². The zero-order valence-electron chi connectivity index (χ0n) is 18.2. The fourth-order valence-electron chi connectivity index (χ4n) is 2.91. The van der Waals surface area contributed by atoms with Crippen molar-refractivity contribution in [3.05, 3.63) is 64.1 Å². The predicted octanol–water partition coefficient (Wildman–Crippen LogP) is 5.34. The maximum Gasteiger partial charge on any atom is 0.242 e. The average molecular weight is 465 g/mol. The summed E-state index contributed by atoms with van der Waals surface area (Å²) in [7, 11) is 0. The molecule has 7 heteroatoms. The standard InChI is InChI=1S/C24H30Cl2N2O3/c1-17(2)15-27-24(30)18(3)28(16-19-6-8-20(25)9-7-19)23(29)5-4-14-31-22-12-10-21(26)11-13-22/h6-13,17-18H,4-5,14-16H2,1-3H3,(H,27,30)/t18-/m0/s1. The SMILES string of the molecule is CC(C)CNC(=O)[C@H](C)N(Cc1ccc(Cl)cc1)C(=O)CCCOc1ccc(Cl)cc1. The number of nitrogens with zero attached hydrogens (tertiary/aromatic N) is 1. The Kier molecular flexibility index (Phi) is 10.2. The molecule has 2 amide bonds. The molecule has 0 aliphatic carbocycles. The van der Waals surface area contributed by atoms with Gasteiger partial charge in [0.25, 0.3) is 0 Å². The second-order valence-electron chi connectivity index (χ2n) is 7.87. The third-order valence-corrected chi connectivity index (χ3v) is 5.24. The number of benzene rings is 2. The Morgan fingerprint density at radius 2 is 1.55 bits per heavy atom. The van der Waals surface area contributed by atoms with Gasteiger partial charge in [0, 0.05) is 29.6 Å². The summed E-state index contributed by atoms with van der Waals surface area (Å²) in [6.45, 7) is 7.12. The number of nitrogens with one attached hydrogen (secondary N) is 1. The molecule has 0 saturated carbocycles. The second kappa shape index (κ2) is 12.6. The number of carbonyl (C=O) groups excluding carboxylic acids is 2. The first-order valence-electron chi connectivity index (χ1n) is 10.5. The van der Waals surface area contributed by atoms with Gasteiger partial charge in [-0.1, -0.05) is 49.2 Å². The Morgan fingerprint density at radius 1 is 0.968 bits per heavy atom. The van der Waals surface area contributed by atoms with Crippen molar-refractivity contribution < 1.29 is 14.3 Å². The van der Waals surface area contributed by atoms with Crippen molar-refractivity contribution in [2.75, 3.05) is 13.2 Å². The molecule has 168 valence electrons. The number of hydrogen-bond acceptors (Lipinski definition) is 3. The molecule has 1 atom stereocenters. The van der Waals surface area contributed by atoms with Gasteiger partial charge in [-0.2, -0.15) is 0 Å². The highest BCUT2D eigenvalue weighted by molar-refractivity contribution is 6.30. The zero-order chi connectivity index (χ0) is 22.8. The van der Waals surface area contributed by atoms with Gasteiger partial charge < -0.3 is 15.0 Å². The van der Waals surface area contributed by atoms with E-state index in [1.165, 1.54) is 0 Å². The molecule has 31 heavy (non-hydrogen) atoms. The van der Waals surface area contributed by atoms with Crippen LogP contribution >= 0.6 is 23.2 Å². The normalized spacial score (nSPS) is 11.8. The number of rotatable bonds is 11. The van der Waals surface area contributed by atoms with Crippen LogP contribution in [0.4, 0.5) is 0 Å². The van der Waals surface area contributed by atoms with Gasteiger partial charge in [0.1, 0.15) is 11.8 Å². The van der Waals surface area contributed by atoms with E-state index in [4.69, 9.17) is 27.9 Å². The molecule has 0 radical (unpaired) electrons. The van der Waals surface area contributed by atoms with Crippen LogP contribution in [0.5, 0.6) is 5.75 Å². The summed E-state index contributed by atoms with van der Waals surface area (Å²) in [6, 6.07) is 13.8. The summed E-state index contributed by atoms with van der Waals surface area (Å²) in [6.07, 6.45) is 0.821. The van der Waals surface area contributed by atoms with Gasteiger partial charge in [-0.25, -0.2) is 0 Å². The first kappa shape index (κ1) is 25.0. The van der Waals surface area contributed by atoms with Crippen LogP contribution in [0.15, 0.2) is 48.5 Å². The van der Waals surface area contributed by atoms with Gasteiger partial charge in [0.2, 0.25) is 11.8 Å². The number of amides is 2. The van der Waals surface area contributed by atoms with Crippen LogP contribution in [0.25, 0.3) is 0 Å². The molecule has 5 nitrogen and oxygen atoms in total. The topological polar surface area (TPSA) is 58.6 Å². The van der Waals surface area contributed by atoms with E-state index in [1.807, 2.05) is 26.0 Å². The Bertz CT molecular complexity index is 839. The molecule has 0 bridgehead atoms. The van der Waals surface area contributed by atoms with Gasteiger partial charge in [-0.05, 0) is 61.2 Å². The van der Waals surface area contributed by atoms with Crippen molar-refractivity contribution in [3.63, 3.8) is 0 Å². The largest absolute Gasteiger partial charge is 0.494 e. The molecule has 2 rings (SSSR count). The van der Waals surface area contributed by atoms with Crippen molar-refractivity contribution >= 4 is 35.0 Å². The van der Waals surface area contributed by atoms with Crippen LogP contribution in [-0.2, 0) is 16.1 Å². The van der Waals surface area contributed by atoms with Crippen LogP contribution in [0.2, 0.25) is 10.0 Å². The molecular weight excluding hydrogens is 435 g/mol. The molecule has 0 spiro atoms. The van der Waals surface area contributed by atoms with Crippen LogP contribution in [0, 0.1) is 5.92 Å². The van der Waals surface area contributed by atoms with Gasteiger partial charge in [-0.15, -0.1) is 0 Å². The van der Waals surface area contributed by atoms with Crippen molar-refractivity contribution in [2.45, 2.75) is 46.2 Å². The monoisotopic (exact) mass is 464 g/mol. The van der Waals surface area contributed by atoms with Crippen molar-refractivity contribution in [3.8, 4) is 5.75 Å².